The molecule has 1 unspecified atom stereocenters. The van der Waals surface area contributed by atoms with Gasteiger partial charge in [-0.2, -0.15) is 0 Å². The zero-order chi connectivity index (χ0) is 16.0. The highest BCUT2D eigenvalue weighted by atomic mass is 127. The van der Waals surface area contributed by atoms with E-state index in [9.17, 15) is 14.4 Å². The number of carbonyl (C=O) groups is 3. The first kappa shape index (κ1) is 17.2. The molecule has 3 amide bonds. The lowest BCUT2D eigenvalue weighted by atomic mass is 10.2. The van der Waals surface area contributed by atoms with Crippen LogP contribution in [0.25, 0.3) is 0 Å². The molecule has 7 nitrogen and oxygen atoms in total. The molecule has 1 aromatic carbocycles. The number of urea groups is 1. The van der Waals surface area contributed by atoms with Crippen LogP contribution in [-0.2, 0) is 4.79 Å². The van der Waals surface area contributed by atoms with Crippen molar-refractivity contribution in [2.24, 2.45) is 0 Å². The Morgan fingerprint density at radius 3 is 2.62 bits per heavy atom. The van der Waals surface area contributed by atoms with Gasteiger partial charge < -0.3 is 15.2 Å². The standard InChI is InChI=1S/C13H15IN2O5/c1-3-15-13(20)16-11(17)7(2)21-10-6-8(12(18)19)4-5-9(10)14/h4-7H,3H2,1-2H3,(H,18,19)(H2,15,16,17,20). The molecular weight excluding hydrogens is 391 g/mol. The summed E-state index contributed by atoms with van der Waals surface area (Å²) in [5.41, 5.74) is 0.0572. The summed E-state index contributed by atoms with van der Waals surface area (Å²) >= 11 is 1.97. The van der Waals surface area contributed by atoms with Crippen LogP contribution in [-0.4, -0.2) is 35.7 Å². The van der Waals surface area contributed by atoms with Gasteiger partial charge in [-0.15, -0.1) is 0 Å². The third-order valence-corrected chi connectivity index (χ3v) is 3.32. The summed E-state index contributed by atoms with van der Waals surface area (Å²) < 4.78 is 6.08. The predicted octanol–water partition coefficient (Wildman–Crippen LogP) is 1.60. The molecule has 1 rings (SSSR count). The quantitative estimate of drug-likeness (QED) is 0.645. The Morgan fingerprint density at radius 1 is 1.38 bits per heavy atom. The van der Waals surface area contributed by atoms with Crippen LogP contribution >= 0.6 is 22.6 Å². The van der Waals surface area contributed by atoms with Crippen LogP contribution in [0.1, 0.15) is 24.2 Å². The smallest absolute Gasteiger partial charge is 0.335 e. The average molecular weight is 406 g/mol. The molecule has 0 aliphatic heterocycles. The summed E-state index contributed by atoms with van der Waals surface area (Å²) in [7, 11) is 0. The molecule has 0 bridgehead atoms. The number of amides is 3. The van der Waals surface area contributed by atoms with E-state index in [0.717, 1.165) is 0 Å². The fourth-order valence-electron chi connectivity index (χ4n) is 1.39. The minimum absolute atomic E-state index is 0.0572. The van der Waals surface area contributed by atoms with Gasteiger partial charge in [-0.1, -0.05) is 0 Å². The number of hydrogen-bond donors (Lipinski definition) is 3. The number of nitrogens with one attached hydrogen (secondary N) is 2. The van der Waals surface area contributed by atoms with Gasteiger partial charge in [-0.25, -0.2) is 9.59 Å². The average Bonchev–Trinajstić information content (AvgIpc) is 2.40. The third-order valence-electron chi connectivity index (χ3n) is 2.43. The number of rotatable bonds is 5. The highest BCUT2D eigenvalue weighted by Crippen LogP contribution is 2.23. The summed E-state index contributed by atoms with van der Waals surface area (Å²) in [6.45, 7) is 3.59. The summed E-state index contributed by atoms with van der Waals surface area (Å²) in [6, 6.07) is 3.75. The first-order valence-electron chi connectivity index (χ1n) is 6.13. The lowest BCUT2D eigenvalue weighted by Crippen LogP contribution is -2.45. The van der Waals surface area contributed by atoms with Crippen molar-refractivity contribution in [3.63, 3.8) is 0 Å². The van der Waals surface area contributed by atoms with E-state index in [2.05, 4.69) is 10.6 Å². The van der Waals surface area contributed by atoms with Crippen LogP contribution in [0.2, 0.25) is 0 Å². The molecule has 0 radical (unpaired) electrons. The summed E-state index contributed by atoms with van der Waals surface area (Å²) in [4.78, 5) is 33.9. The molecule has 0 fully saturated rings. The number of carbonyl (C=O) groups excluding carboxylic acids is 2. The van der Waals surface area contributed by atoms with Gasteiger partial charge >= 0.3 is 12.0 Å². The van der Waals surface area contributed by atoms with Crippen LogP contribution in [0.3, 0.4) is 0 Å². The van der Waals surface area contributed by atoms with Crippen LogP contribution in [0.15, 0.2) is 18.2 Å². The predicted molar refractivity (Wildman–Crippen MR) is 83.4 cm³/mol. The van der Waals surface area contributed by atoms with E-state index in [4.69, 9.17) is 9.84 Å². The SMILES string of the molecule is CCNC(=O)NC(=O)C(C)Oc1cc(C(=O)O)ccc1I. The number of carboxylic acid groups (broad SMARTS) is 1. The Labute approximate surface area is 135 Å². The van der Waals surface area contributed by atoms with Gasteiger partial charge in [-0.05, 0) is 54.6 Å². The minimum atomic E-state index is -1.09. The topological polar surface area (TPSA) is 105 Å². The molecule has 1 aromatic rings. The number of carboxylic acids is 1. The van der Waals surface area contributed by atoms with Crippen molar-refractivity contribution in [1.29, 1.82) is 0 Å². The van der Waals surface area contributed by atoms with E-state index >= 15 is 0 Å². The van der Waals surface area contributed by atoms with Crippen LogP contribution in [0.5, 0.6) is 5.75 Å². The molecule has 1 atom stereocenters. The van der Waals surface area contributed by atoms with Crippen molar-refractivity contribution < 1.29 is 24.2 Å². The maximum absolute atomic E-state index is 11.7. The molecule has 0 heterocycles. The number of imide groups is 1. The van der Waals surface area contributed by atoms with Crippen LogP contribution in [0.4, 0.5) is 4.79 Å². The third kappa shape index (κ3) is 5.21. The molecule has 0 aromatic heterocycles. The normalized spacial score (nSPS) is 11.4. The maximum Gasteiger partial charge on any atom is 0.335 e. The van der Waals surface area contributed by atoms with Crippen molar-refractivity contribution in [1.82, 2.24) is 10.6 Å². The van der Waals surface area contributed by atoms with Crippen molar-refractivity contribution >= 4 is 40.5 Å². The first-order chi connectivity index (χ1) is 9.85. The summed E-state index contributed by atoms with van der Waals surface area (Å²) in [5.74, 6) is -1.43. The highest BCUT2D eigenvalue weighted by molar-refractivity contribution is 14.1. The fourth-order valence-corrected chi connectivity index (χ4v) is 1.85. The summed E-state index contributed by atoms with van der Waals surface area (Å²) in [5, 5.41) is 13.5. The van der Waals surface area contributed by atoms with Crippen LogP contribution < -0.4 is 15.4 Å². The zero-order valence-corrected chi connectivity index (χ0v) is 13.6. The number of aromatic carboxylic acids is 1. The van der Waals surface area contributed by atoms with E-state index in [1.807, 2.05) is 22.6 Å². The zero-order valence-electron chi connectivity index (χ0n) is 11.5. The highest BCUT2D eigenvalue weighted by Gasteiger charge is 2.19. The van der Waals surface area contributed by atoms with Gasteiger partial charge in [0.25, 0.3) is 5.91 Å². The number of hydrogen-bond acceptors (Lipinski definition) is 4. The van der Waals surface area contributed by atoms with E-state index < -0.39 is 24.0 Å². The second-order valence-electron chi connectivity index (χ2n) is 4.06. The van der Waals surface area contributed by atoms with Crippen molar-refractivity contribution in [2.45, 2.75) is 20.0 Å². The van der Waals surface area contributed by atoms with E-state index in [0.29, 0.717) is 10.1 Å². The Morgan fingerprint density at radius 2 is 2.05 bits per heavy atom. The van der Waals surface area contributed by atoms with Crippen LogP contribution in [0, 0.1) is 3.57 Å². The molecule has 8 heteroatoms. The summed E-state index contributed by atoms with van der Waals surface area (Å²) in [6.07, 6.45) is -0.940. The molecule has 114 valence electrons. The largest absolute Gasteiger partial charge is 0.480 e. The molecule has 21 heavy (non-hydrogen) atoms. The molecule has 3 N–H and O–H groups in total. The van der Waals surface area contributed by atoms with E-state index in [1.54, 1.807) is 13.0 Å². The molecule has 0 aliphatic carbocycles. The molecular formula is C13H15IN2O5. The first-order valence-corrected chi connectivity index (χ1v) is 7.21. The Balaban J connectivity index is 2.76. The lowest BCUT2D eigenvalue weighted by molar-refractivity contribution is -0.126. The van der Waals surface area contributed by atoms with Gasteiger partial charge in [0.1, 0.15) is 5.75 Å². The molecule has 0 spiro atoms. The minimum Gasteiger partial charge on any atom is -0.480 e. The second-order valence-corrected chi connectivity index (χ2v) is 5.22. The van der Waals surface area contributed by atoms with Gasteiger partial charge in [-0.3, -0.25) is 10.1 Å². The molecule has 0 aliphatic rings. The number of halogens is 1. The van der Waals surface area contributed by atoms with Crippen molar-refractivity contribution in [2.75, 3.05) is 6.54 Å². The van der Waals surface area contributed by atoms with E-state index in [-0.39, 0.29) is 11.3 Å². The Hall–Kier alpha value is -1.84. The Kier molecular flexibility index (Phi) is 6.40. The molecule has 0 saturated carbocycles. The van der Waals surface area contributed by atoms with E-state index in [1.165, 1.54) is 19.1 Å². The number of ether oxygens (including phenoxy) is 1. The number of benzene rings is 1. The van der Waals surface area contributed by atoms with Crippen molar-refractivity contribution in [3.8, 4) is 5.75 Å². The molecule has 0 saturated heterocycles. The van der Waals surface area contributed by atoms with Crippen molar-refractivity contribution in [3.05, 3.63) is 27.3 Å². The van der Waals surface area contributed by atoms with Gasteiger partial charge in [0, 0.05) is 6.54 Å². The monoisotopic (exact) mass is 406 g/mol. The van der Waals surface area contributed by atoms with Gasteiger partial charge in [0.2, 0.25) is 0 Å². The maximum atomic E-state index is 11.7. The Bertz CT molecular complexity index is 561. The lowest BCUT2D eigenvalue weighted by Gasteiger charge is -2.15. The fraction of sp³-hybridized carbons (Fsp3) is 0.308. The van der Waals surface area contributed by atoms with Gasteiger partial charge in [0.05, 0.1) is 9.13 Å². The second kappa shape index (κ2) is 7.81. The van der Waals surface area contributed by atoms with Gasteiger partial charge in [0.15, 0.2) is 6.10 Å².